The molecule has 0 aliphatic carbocycles. The number of hydrogen-bond donors (Lipinski definition) is 1. The number of rotatable bonds is 7. The minimum absolute atomic E-state index is 0.0291. The van der Waals surface area contributed by atoms with Gasteiger partial charge >= 0.3 is 0 Å². The van der Waals surface area contributed by atoms with Gasteiger partial charge in [0.15, 0.2) is 23.1 Å². The first-order valence-corrected chi connectivity index (χ1v) is 8.30. The molecule has 0 saturated heterocycles. The van der Waals surface area contributed by atoms with Crippen LogP contribution in [-0.4, -0.2) is 23.7 Å². The van der Waals surface area contributed by atoms with Gasteiger partial charge in [0.2, 0.25) is 5.88 Å². The lowest BCUT2D eigenvalue weighted by Crippen LogP contribution is -2.00. The number of unbranched alkanes of at least 4 members (excludes halogenated alkanes) is 1. The van der Waals surface area contributed by atoms with Crippen LogP contribution < -0.4 is 19.9 Å². The van der Waals surface area contributed by atoms with E-state index in [4.69, 9.17) is 19.9 Å². The van der Waals surface area contributed by atoms with Crippen molar-refractivity contribution in [1.29, 1.82) is 0 Å². The summed E-state index contributed by atoms with van der Waals surface area (Å²) < 4.78 is 30.8. The largest absolute Gasteiger partial charge is 0.493 e. The van der Waals surface area contributed by atoms with E-state index in [1.54, 1.807) is 25.3 Å². The maximum atomic E-state index is 14.0. The van der Waals surface area contributed by atoms with Crippen molar-refractivity contribution >= 4 is 16.6 Å². The monoisotopic (exact) mass is 357 g/mol. The fourth-order valence-corrected chi connectivity index (χ4v) is 2.42. The summed E-state index contributed by atoms with van der Waals surface area (Å²) in [5, 5.41) is 0.586. The van der Waals surface area contributed by atoms with E-state index < -0.39 is 5.82 Å². The predicted molar refractivity (Wildman–Crippen MR) is 97.4 cm³/mol. The molecule has 0 aliphatic rings. The van der Waals surface area contributed by atoms with E-state index in [9.17, 15) is 4.39 Å². The van der Waals surface area contributed by atoms with Crippen LogP contribution in [0.25, 0.3) is 10.9 Å². The van der Waals surface area contributed by atoms with Gasteiger partial charge in [-0.25, -0.2) is 14.4 Å². The molecule has 1 aromatic heterocycles. The van der Waals surface area contributed by atoms with Crippen LogP contribution >= 0.6 is 0 Å². The molecule has 0 radical (unpaired) electrons. The van der Waals surface area contributed by atoms with Gasteiger partial charge in [-0.15, -0.1) is 0 Å². The molecule has 0 bridgehead atoms. The average molecular weight is 357 g/mol. The molecule has 0 spiro atoms. The van der Waals surface area contributed by atoms with Crippen LogP contribution in [0, 0.1) is 5.82 Å². The second-order valence-electron chi connectivity index (χ2n) is 5.69. The van der Waals surface area contributed by atoms with Gasteiger partial charge in [-0.1, -0.05) is 13.3 Å². The molecule has 136 valence electrons. The predicted octanol–water partition coefficient (Wildman–Crippen LogP) is 4.33. The number of hydrogen-bond acceptors (Lipinski definition) is 6. The Bertz CT molecular complexity index is 918. The molecular weight excluding hydrogens is 337 g/mol. The van der Waals surface area contributed by atoms with Crippen molar-refractivity contribution in [2.45, 2.75) is 19.8 Å². The van der Waals surface area contributed by atoms with Crippen molar-refractivity contribution < 1.29 is 18.6 Å². The first kappa shape index (κ1) is 17.7. The van der Waals surface area contributed by atoms with E-state index in [1.165, 1.54) is 18.5 Å². The highest BCUT2D eigenvalue weighted by atomic mass is 19.1. The Morgan fingerprint density at radius 3 is 2.65 bits per heavy atom. The molecule has 7 heteroatoms. The molecule has 0 unspecified atom stereocenters. The van der Waals surface area contributed by atoms with E-state index in [1.807, 2.05) is 0 Å². The molecule has 0 saturated carbocycles. The Morgan fingerprint density at radius 1 is 1.08 bits per heavy atom. The Hall–Kier alpha value is -3.09. The van der Waals surface area contributed by atoms with Crippen molar-refractivity contribution in [3.8, 4) is 23.1 Å². The second-order valence-corrected chi connectivity index (χ2v) is 5.69. The van der Waals surface area contributed by atoms with Gasteiger partial charge in [-0.2, -0.15) is 0 Å². The Labute approximate surface area is 150 Å². The fraction of sp³-hybridized carbons (Fsp3) is 0.263. The first-order valence-electron chi connectivity index (χ1n) is 8.30. The Kier molecular flexibility index (Phi) is 5.36. The summed E-state index contributed by atoms with van der Waals surface area (Å²) in [7, 11) is 1.55. The third-order valence-electron chi connectivity index (χ3n) is 3.80. The third kappa shape index (κ3) is 3.77. The zero-order valence-electron chi connectivity index (χ0n) is 14.7. The number of ether oxygens (including phenoxy) is 3. The summed E-state index contributed by atoms with van der Waals surface area (Å²) >= 11 is 0. The van der Waals surface area contributed by atoms with Crippen LogP contribution in [0.4, 0.5) is 10.1 Å². The Morgan fingerprint density at radius 2 is 1.92 bits per heavy atom. The normalized spacial score (nSPS) is 10.7. The molecule has 26 heavy (non-hydrogen) atoms. The van der Waals surface area contributed by atoms with Crippen LogP contribution in [0.15, 0.2) is 36.7 Å². The van der Waals surface area contributed by atoms with Crippen LogP contribution in [-0.2, 0) is 0 Å². The summed E-state index contributed by atoms with van der Waals surface area (Å²) in [5.41, 5.74) is 6.49. The van der Waals surface area contributed by atoms with Gasteiger partial charge in [0.05, 0.1) is 24.6 Å². The van der Waals surface area contributed by atoms with E-state index in [2.05, 4.69) is 16.9 Å². The van der Waals surface area contributed by atoms with E-state index in [0.29, 0.717) is 34.7 Å². The molecule has 2 N–H and O–H groups in total. The van der Waals surface area contributed by atoms with Crippen molar-refractivity contribution in [2.75, 3.05) is 19.5 Å². The molecule has 1 heterocycles. The lowest BCUT2D eigenvalue weighted by atomic mass is 10.2. The molecule has 6 nitrogen and oxygen atoms in total. The van der Waals surface area contributed by atoms with Crippen LogP contribution in [0.5, 0.6) is 23.1 Å². The van der Waals surface area contributed by atoms with Crippen molar-refractivity contribution in [1.82, 2.24) is 9.97 Å². The van der Waals surface area contributed by atoms with E-state index >= 15 is 0 Å². The number of halogens is 1. The molecule has 3 rings (SSSR count). The van der Waals surface area contributed by atoms with Crippen molar-refractivity contribution in [3.63, 3.8) is 0 Å². The topological polar surface area (TPSA) is 79.5 Å². The standard InChI is InChI=1S/C19H20FN3O3/c1-3-4-7-25-18-10-15-13(9-17(18)24-2)19(23-11-22-15)26-16-6-5-12(21)8-14(16)20/h5-6,8-11H,3-4,7,21H2,1-2H3. The molecule has 3 aromatic rings. The molecule has 0 aliphatic heterocycles. The summed E-state index contributed by atoms with van der Waals surface area (Å²) in [5.74, 6) is 0.810. The van der Waals surface area contributed by atoms with Gasteiger partial charge in [-0.3, -0.25) is 0 Å². The number of anilines is 1. The fourth-order valence-electron chi connectivity index (χ4n) is 2.42. The minimum Gasteiger partial charge on any atom is -0.493 e. The summed E-state index contributed by atoms with van der Waals surface area (Å²) in [6.45, 7) is 2.68. The number of methoxy groups -OCH3 is 1. The maximum absolute atomic E-state index is 14.0. The van der Waals surface area contributed by atoms with Crippen molar-refractivity contribution in [3.05, 3.63) is 42.5 Å². The highest BCUT2D eigenvalue weighted by Crippen LogP contribution is 2.36. The van der Waals surface area contributed by atoms with Crippen LogP contribution in [0.1, 0.15) is 19.8 Å². The lowest BCUT2D eigenvalue weighted by Gasteiger charge is -2.13. The minimum atomic E-state index is -0.566. The van der Waals surface area contributed by atoms with Crippen molar-refractivity contribution in [2.24, 2.45) is 0 Å². The SMILES string of the molecule is CCCCOc1cc2ncnc(Oc3ccc(N)cc3F)c2cc1OC. The molecule has 2 aromatic carbocycles. The number of nitrogens with zero attached hydrogens (tertiary/aromatic N) is 2. The van der Waals surface area contributed by atoms with E-state index in [0.717, 1.165) is 12.8 Å². The summed E-state index contributed by atoms with van der Waals surface area (Å²) in [6.07, 6.45) is 3.33. The third-order valence-corrected chi connectivity index (χ3v) is 3.80. The average Bonchev–Trinajstić information content (AvgIpc) is 2.64. The highest BCUT2D eigenvalue weighted by Gasteiger charge is 2.14. The number of benzene rings is 2. The number of aromatic nitrogens is 2. The summed E-state index contributed by atoms with van der Waals surface area (Å²) in [4.78, 5) is 8.36. The Balaban J connectivity index is 1.98. The lowest BCUT2D eigenvalue weighted by molar-refractivity contribution is 0.289. The number of fused-ring (bicyclic) bond motifs is 1. The van der Waals surface area contributed by atoms with E-state index in [-0.39, 0.29) is 11.6 Å². The zero-order chi connectivity index (χ0) is 18.5. The van der Waals surface area contributed by atoms with Gasteiger partial charge in [0, 0.05) is 17.8 Å². The first-order chi connectivity index (χ1) is 12.6. The number of nitrogens with two attached hydrogens (primary N) is 1. The molecule has 0 amide bonds. The van der Waals surface area contributed by atoms with Gasteiger partial charge in [-0.05, 0) is 24.6 Å². The second kappa shape index (κ2) is 7.86. The summed E-state index contributed by atoms with van der Waals surface area (Å²) in [6, 6.07) is 7.69. The molecular formula is C19H20FN3O3. The maximum Gasteiger partial charge on any atom is 0.230 e. The van der Waals surface area contributed by atoms with Crippen LogP contribution in [0.3, 0.4) is 0 Å². The molecule has 0 fully saturated rings. The quantitative estimate of drug-likeness (QED) is 0.501. The smallest absolute Gasteiger partial charge is 0.230 e. The number of nitrogen functional groups attached to an aromatic ring is 1. The van der Waals surface area contributed by atoms with Gasteiger partial charge < -0.3 is 19.9 Å². The highest BCUT2D eigenvalue weighted by molar-refractivity contribution is 5.87. The zero-order valence-corrected chi connectivity index (χ0v) is 14.7. The van der Waals surface area contributed by atoms with Gasteiger partial charge in [0.25, 0.3) is 0 Å². The van der Waals surface area contributed by atoms with Gasteiger partial charge in [0.1, 0.15) is 6.33 Å². The molecule has 0 atom stereocenters. The van der Waals surface area contributed by atoms with Crippen LogP contribution in [0.2, 0.25) is 0 Å².